The van der Waals surface area contributed by atoms with Crippen LogP contribution in [-0.2, 0) is 21.4 Å². The van der Waals surface area contributed by atoms with Gasteiger partial charge in [-0.1, -0.05) is 66.2 Å². The Kier molecular flexibility index (Phi) is 5.89. The van der Waals surface area contributed by atoms with Gasteiger partial charge < -0.3 is 10.1 Å². The first-order valence-corrected chi connectivity index (χ1v) is 12.5. The number of rotatable bonds is 5. The number of benzene rings is 4. The van der Waals surface area contributed by atoms with Gasteiger partial charge in [0.2, 0.25) is 0 Å². The Morgan fingerprint density at radius 2 is 1.68 bits per heavy atom. The van der Waals surface area contributed by atoms with Gasteiger partial charge in [-0.3, -0.25) is 9.10 Å². The predicted octanol–water partition coefficient (Wildman–Crippen LogP) is 4.77. The minimum absolute atomic E-state index is 0.123. The van der Waals surface area contributed by atoms with Crippen LogP contribution >= 0.6 is 11.6 Å². The molecule has 1 unspecified atom stereocenters. The molecule has 4 aromatic rings. The van der Waals surface area contributed by atoms with Crippen LogP contribution in [0.3, 0.4) is 0 Å². The Balaban J connectivity index is 1.40. The fourth-order valence-electron chi connectivity index (χ4n) is 3.96. The molecule has 1 heterocycles. The van der Waals surface area contributed by atoms with Crippen molar-refractivity contribution in [2.75, 3.05) is 10.8 Å². The van der Waals surface area contributed by atoms with Crippen LogP contribution in [0.4, 0.5) is 5.69 Å². The molecule has 172 valence electrons. The van der Waals surface area contributed by atoms with E-state index in [0.29, 0.717) is 17.3 Å². The lowest BCUT2D eigenvalue weighted by Crippen LogP contribution is -2.50. The highest BCUT2D eigenvalue weighted by Crippen LogP contribution is 2.38. The van der Waals surface area contributed by atoms with E-state index in [1.54, 1.807) is 30.3 Å². The average Bonchev–Trinajstić information content (AvgIpc) is 2.87. The van der Waals surface area contributed by atoms with Crippen LogP contribution in [0.5, 0.6) is 5.75 Å². The zero-order valence-electron chi connectivity index (χ0n) is 18.0. The Morgan fingerprint density at radius 1 is 0.941 bits per heavy atom. The van der Waals surface area contributed by atoms with Crippen molar-refractivity contribution in [3.8, 4) is 5.75 Å². The highest BCUT2D eigenvalue weighted by atomic mass is 35.5. The summed E-state index contributed by atoms with van der Waals surface area (Å²) in [4.78, 5) is 13.2. The molecule has 1 atom stereocenters. The summed E-state index contributed by atoms with van der Waals surface area (Å²) in [5, 5.41) is 5.44. The molecule has 0 radical (unpaired) electrons. The third-order valence-electron chi connectivity index (χ3n) is 5.69. The second kappa shape index (κ2) is 9.00. The molecule has 5 rings (SSSR count). The molecule has 0 aliphatic carbocycles. The smallest absolute Gasteiger partial charge is 0.264 e. The first-order chi connectivity index (χ1) is 16.4. The minimum atomic E-state index is -3.94. The van der Waals surface area contributed by atoms with Crippen LogP contribution in [-0.4, -0.2) is 27.0 Å². The van der Waals surface area contributed by atoms with Crippen molar-refractivity contribution in [1.29, 1.82) is 0 Å². The summed E-state index contributed by atoms with van der Waals surface area (Å²) in [7, 11) is -3.94. The van der Waals surface area contributed by atoms with Gasteiger partial charge in [-0.15, -0.1) is 0 Å². The summed E-state index contributed by atoms with van der Waals surface area (Å²) in [5.74, 6) is -0.122. The Hall–Kier alpha value is -3.55. The van der Waals surface area contributed by atoms with Crippen LogP contribution in [0.25, 0.3) is 10.8 Å². The van der Waals surface area contributed by atoms with Crippen molar-refractivity contribution in [1.82, 2.24) is 5.32 Å². The molecule has 8 heteroatoms. The summed E-state index contributed by atoms with van der Waals surface area (Å²) in [6.45, 7) is 0.122. The zero-order chi connectivity index (χ0) is 23.7. The number of hydrogen-bond donors (Lipinski definition) is 1. The maximum absolute atomic E-state index is 13.4. The van der Waals surface area contributed by atoms with Gasteiger partial charge in [-0.05, 0) is 52.7 Å². The average molecular weight is 493 g/mol. The third kappa shape index (κ3) is 4.32. The topological polar surface area (TPSA) is 75.7 Å². The molecule has 0 saturated heterocycles. The lowest BCUT2D eigenvalue weighted by Gasteiger charge is -2.34. The molecule has 1 N–H and O–H groups in total. The first kappa shape index (κ1) is 22.3. The van der Waals surface area contributed by atoms with E-state index in [-0.39, 0.29) is 17.2 Å². The van der Waals surface area contributed by atoms with Crippen LogP contribution in [0.2, 0.25) is 5.02 Å². The molecular weight excluding hydrogens is 472 g/mol. The number of carbonyl (C=O) groups is 1. The van der Waals surface area contributed by atoms with E-state index in [1.807, 2.05) is 42.5 Å². The van der Waals surface area contributed by atoms with E-state index >= 15 is 0 Å². The second-order valence-corrected chi connectivity index (χ2v) is 10.3. The first-order valence-electron chi connectivity index (χ1n) is 10.7. The quantitative estimate of drug-likeness (QED) is 0.435. The SMILES string of the molecule is O=C(NCc1ccc2ccccc2c1)C1CN(S(=O)(=O)c2ccccc2)c2cc(Cl)ccc2O1. The molecule has 1 amide bonds. The van der Waals surface area contributed by atoms with E-state index in [0.717, 1.165) is 16.3 Å². The summed E-state index contributed by atoms with van der Waals surface area (Å²) >= 11 is 6.14. The Labute approximate surface area is 202 Å². The number of nitrogens with one attached hydrogen (secondary N) is 1. The lowest BCUT2D eigenvalue weighted by atomic mass is 10.1. The maximum atomic E-state index is 13.4. The van der Waals surface area contributed by atoms with Gasteiger partial charge in [0.05, 0.1) is 17.1 Å². The highest BCUT2D eigenvalue weighted by Gasteiger charge is 2.37. The molecule has 0 spiro atoms. The third-order valence-corrected chi connectivity index (χ3v) is 7.72. The predicted molar refractivity (Wildman–Crippen MR) is 133 cm³/mol. The van der Waals surface area contributed by atoms with E-state index in [1.165, 1.54) is 22.5 Å². The van der Waals surface area contributed by atoms with E-state index < -0.39 is 22.0 Å². The van der Waals surface area contributed by atoms with Gasteiger partial charge in [-0.2, -0.15) is 0 Å². The summed E-state index contributed by atoms with van der Waals surface area (Å²) < 4.78 is 33.9. The fraction of sp³-hybridized carbons (Fsp3) is 0.115. The molecule has 0 saturated carbocycles. The summed E-state index contributed by atoms with van der Waals surface area (Å²) in [5.41, 5.74) is 1.23. The molecule has 4 aromatic carbocycles. The van der Waals surface area contributed by atoms with Crippen molar-refractivity contribution in [2.24, 2.45) is 0 Å². The van der Waals surface area contributed by atoms with Gasteiger partial charge >= 0.3 is 0 Å². The van der Waals surface area contributed by atoms with Gasteiger partial charge in [0.15, 0.2) is 6.10 Å². The largest absolute Gasteiger partial charge is 0.476 e. The number of ether oxygens (including phenoxy) is 1. The fourth-order valence-corrected chi connectivity index (χ4v) is 5.62. The van der Waals surface area contributed by atoms with E-state index in [4.69, 9.17) is 16.3 Å². The van der Waals surface area contributed by atoms with Crippen LogP contribution in [0, 0.1) is 0 Å². The van der Waals surface area contributed by atoms with Gasteiger partial charge in [-0.25, -0.2) is 8.42 Å². The summed E-state index contributed by atoms with van der Waals surface area (Å²) in [6, 6.07) is 26.7. The number of sulfonamides is 1. The number of carbonyl (C=O) groups excluding carboxylic acids is 1. The number of anilines is 1. The number of nitrogens with zero attached hydrogens (tertiary/aromatic N) is 1. The van der Waals surface area contributed by atoms with Crippen LogP contribution in [0.15, 0.2) is 95.9 Å². The van der Waals surface area contributed by atoms with Crippen molar-refractivity contribution in [3.05, 3.63) is 102 Å². The normalized spacial score (nSPS) is 15.4. The van der Waals surface area contributed by atoms with E-state index in [2.05, 4.69) is 5.32 Å². The molecule has 0 fully saturated rings. The molecule has 0 bridgehead atoms. The van der Waals surface area contributed by atoms with Crippen molar-refractivity contribution in [3.63, 3.8) is 0 Å². The monoisotopic (exact) mass is 492 g/mol. The number of halogens is 1. The van der Waals surface area contributed by atoms with Crippen LogP contribution < -0.4 is 14.4 Å². The van der Waals surface area contributed by atoms with Crippen LogP contribution in [0.1, 0.15) is 5.56 Å². The molecular formula is C26H21ClN2O4S. The number of hydrogen-bond acceptors (Lipinski definition) is 4. The van der Waals surface area contributed by atoms with Crippen molar-refractivity contribution >= 4 is 44.0 Å². The molecule has 0 aromatic heterocycles. The van der Waals surface area contributed by atoms with Crippen molar-refractivity contribution in [2.45, 2.75) is 17.5 Å². The maximum Gasteiger partial charge on any atom is 0.264 e. The standard InChI is InChI=1S/C26H21ClN2O4S/c27-21-12-13-24-23(15-21)29(34(31,32)22-8-2-1-3-9-22)17-25(33-24)26(30)28-16-18-10-11-19-6-4-5-7-20(19)14-18/h1-15,25H,16-17H2,(H,28,30). The van der Waals surface area contributed by atoms with Crippen molar-refractivity contribution < 1.29 is 17.9 Å². The summed E-state index contributed by atoms with van der Waals surface area (Å²) in [6.07, 6.45) is -1.02. The number of fused-ring (bicyclic) bond motifs is 2. The second-order valence-electron chi connectivity index (χ2n) is 7.97. The van der Waals surface area contributed by atoms with Gasteiger partial charge in [0.25, 0.3) is 15.9 Å². The molecule has 1 aliphatic rings. The highest BCUT2D eigenvalue weighted by molar-refractivity contribution is 7.92. The van der Waals surface area contributed by atoms with E-state index in [9.17, 15) is 13.2 Å². The molecule has 6 nitrogen and oxygen atoms in total. The molecule has 1 aliphatic heterocycles. The Bertz CT molecular complexity index is 1470. The molecule has 34 heavy (non-hydrogen) atoms. The minimum Gasteiger partial charge on any atom is -0.476 e. The zero-order valence-corrected chi connectivity index (χ0v) is 19.6. The van der Waals surface area contributed by atoms with Gasteiger partial charge in [0, 0.05) is 11.6 Å². The number of amides is 1. The Morgan fingerprint density at radius 3 is 2.47 bits per heavy atom. The van der Waals surface area contributed by atoms with Gasteiger partial charge in [0.1, 0.15) is 5.75 Å². The lowest BCUT2D eigenvalue weighted by molar-refractivity contribution is -0.127.